The summed E-state index contributed by atoms with van der Waals surface area (Å²) in [6.07, 6.45) is 2.37. The van der Waals surface area contributed by atoms with Crippen molar-refractivity contribution in [2.45, 2.75) is 10.2 Å². The van der Waals surface area contributed by atoms with Crippen LogP contribution in [0.5, 0.6) is 0 Å². The van der Waals surface area contributed by atoms with Crippen LogP contribution in [0.1, 0.15) is 10.4 Å². The molecule has 0 aliphatic rings. The highest BCUT2D eigenvalue weighted by Gasteiger charge is 2.14. The zero-order chi connectivity index (χ0) is 12.8. The second kappa shape index (κ2) is 6.83. The molecule has 0 saturated heterocycles. The van der Waals surface area contributed by atoms with E-state index in [1.807, 2.05) is 0 Å². The minimum Gasteiger partial charge on any atom is -0.468 e. The quantitative estimate of drug-likeness (QED) is 0.270. The average molecular weight is 293 g/mol. The summed E-state index contributed by atoms with van der Waals surface area (Å²) in [5, 5.41) is 0.925. The lowest BCUT2D eigenvalue weighted by Crippen LogP contribution is -2.05. The van der Waals surface area contributed by atoms with Crippen molar-refractivity contribution >= 4 is 47.4 Å². The molecule has 0 aliphatic heterocycles. The van der Waals surface area contributed by atoms with Crippen LogP contribution in [0, 0.1) is 0 Å². The topological polar surface area (TPSA) is 69.2 Å². The van der Waals surface area contributed by atoms with Crippen molar-refractivity contribution in [2.75, 3.05) is 19.1 Å². The van der Waals surface area contributed by atoms with Crippen molar-refractivity contribution in [1.82, 2.24) is 9.97 Å². The Bertz CT molecular complexity index is 442. The van der Waals surface area contributed by atoms with E-state index in [0.717, 1.165) is 11.8 Å². The number of ether oxygens (including phenoxy) is 1. The van der Waals surface area contributed by atoms with Crippen LogP contribution < -0.4 is 0 Å². The molecule has 0 atom stereocenters. The first kappa shape index (κ1) is 14.3. The van der Waals surface area contributed by atoms with E-state index in [1.165, 1.54) is 18.9 Å². The van der Waals surface area contributed by atoms with Crippen LogP contribution in [0.4, 0.5) is 0 Å². The number of aromatic nitrogens is 2. The largest absolute Gasteiger partial charge is 0.468 e. The summed E-state index contributed by atoms with van der Waals surface area (Å²) in [6, 6.07) is 0. The number of rotatable bonds is 5. The van der Waals surface area contributed by atoms with Gasteiger partial charge < -0.3 is 4.74 Å². The maximum absolute atomic E-state index is 11.0. The fourth-order valence-corrected chi connectivity index (χ4v) is 2.46. The lowest BCUT2D eigenvalue weighted by molar-refractivity contribution is -0.137. The van der Waals surface area contributed by atoms with E-state index in [-0.39, 0.29) is 16.5 Å². The number of nitrogens with zero attached hydrogens (tertiary/aromatic N) is 2. The molecule has 0 aromatic carbocycles. The number of carbonyl (C=O) groups is 2. The van der Waals surface area contributed by atoms with E-state index >= 15 is 0 Å². The van der Waals surface area contributed by atoms with Crippen molar-refractivity contribution < 1.29 is 14.3 Å². The predicted octanol–water partition coefficient (Wildman–Crippen LogP) is 1.93. The smallest absolute Gasteiger partial charge is 0.316 e. The summed E-state index contributed by atoms with van der Waals surface area (Å²) in [6.45, 7) is 0. The van der Waals surface area contributed by atoms with Crippen LogP contribution in [0.15, 0.2) is 10.2 Å². The maximum atomic E-state index is 11.0. The summed E-state index contributed by atoms with van der Waals surface area (Å²) in [5.41, 5.74) is 0.193. The van der Waals surface area contributed by atoms with Gasteiger partial charge in [0, 0.05) is 0 Å². The minimum absolute atomic E-state index is 0.0680. The standard InChI is InChI=1S/C9H9ClN2O3S2/c1-15-6(14)4-17-8-5(3-13)7(10)11-9(12-8)16-2/h3H,4H2,1-2H3. The SMILES string of the molecule is COC(=O)CSc1nc(SC)nc(Cl)c1C=O. The normalized spacial score (nSPS) is 10.1. The molecule has 17 heavy (non-hydrogen) atoms. The van der Waals surface area contributed by atoms with Crippen molar-refractivity contribution in [3.63, 3.8) is 0 Å². The van der Waals surface area contributed by atoms with Gasteiger partial charge in [-0.1, -0.05) is 35.1 Å². The predicted molar refractivity (Wildman–Crippen MR) is 67.0 cm³/mol. The van der Waals surface area contributed by atoms with Gasteiger partial charge in [-0.05, 0) is 6.26 Å². The van der Waals surface area contributed by atoms with Gasteiger partial charge in [-0.15, -0.1) is 0 Å². The van der Waals surface area contributed by atoms with E-state index in [2.05, 4.69) is 14.7 Å². The van der Waals surface area contributed by atoms with Crippen LogP contribution in [-0.2, 0) is 9.53 Å². The molecule has 0 amide bonds. The Kier molecular flexibility index (Phi) is 5.73. The summed E-state index contributed by atoms with van der Waals surface area (Å²) in [5.74, 6) is -0.328. The number of methoxy groups -OCH3 is 1. The lowest BCUT2D eigenvalue weighted by Gasteiger charge is -2.06. The van der Waals surface area contributed by atoms with Gasteiger partial charge in [0.2, 0.25) is 0 Å². The Balaban J connectivity index is 2.98. The van der Waals surface area contributed by atoms with Crippen molar-refractivity contribution in [1.29, 1.82) is 0 Å². The Hall–Kier alpha value is -0.790. The van der Waals surface area contributed by atoms with Crippen LogP contribution in [0.3, 0.4) is 0 Å². The van der Waals surface area contributed by atoms with Crippen molar-refractivity contribution in [2.24, 2.45) is 0 Å². The van der Waals surface area contributed by atoms with E-state index < -0.39 is 5.97 Å². The van der Waals surface area contributed by atoms with Crippen LogP contribution in [-0.4, -0.2) is 41.3 Å². The monoisotopic (exact) mass is 292 g/mol. The first-order valence-corrected chi connectivity index (χ1v) is 6.97. The van der Waals surface area contributed by atoms with Crippen LogP contribution in [0.2, 0.25) is 5.15 Å². The lowest BCUT2D eigenvalue weighted by atomic mass is 10.4. The zero-order valence-electron chi connectivity index (χ0n) is 9.10. The van der Waals surface area contributed by atoms with Crippen molar-refractivity contribution in [3.8, 4) is 0 Å². The van der Waals surface area contributed by atoms with Gasteiger partial charge in [0.05, 0.1) is 18.4 Å². The summed E-state index contributed by atoms with van der Waals surface area (Å²) < 4.78 is 4.50. The van der Waals surface area contributed by atoms with Gasteiger partial charge in [-0.25, -0.2) is 9.97 Å². The number of carbonyl (C=O) groups excluding carboxylic acids is 2. The molecule has 1 aromatic heterocycles. The molecule has 1 aromatic rings. The van der Waals surface area contributed by atoms with Crippen LogP contribution in [0.25, 0.3) is 0 Å². The number of aldehydes is 1. The fourth-order valence-electron chi connectivity index (χ4n) is 0.891. The van der Waals surface area contributed by atoms with Crippen molar-refractivity contribution in [3.05, 3.63) is 10.7 Å². The second-order valence-corrected chi connectivity index (χ2v) is 4.80. The molecule has 92 valence electrons. The highest BCUT2D eigenvalue weighted by molar-refractivity contribution is 8.00. The molecule has 1 heterocycles. The van der Waals surface area contributed by atoms with E-state index in [9.17, 15) is 9.59 Å². The highest BCUT2D eigenvalue weighted by atomic mass is 35.5. The second-order valence-electron chi connectivity index (χ2n) is 2.70. The van der Waals surface area contributed by atoms with E-state index in [1.54, 1.807) is 6.26 Å². The molecule has 0 bridgehead atoms. The fraction of sp³-hybridized carbons (Fsp3) is 0.333. The third-order valence-corrected chi connectivity index (χ3v) is 3.50. The first-order chi connectivity index (χ1) is 8.12. The summed E-state index contributed by atoms with van der Waals surface area (Å²) in [7, 11) is 1.30. The van der Waals surface area contributed by atoms with Gasteiger partial charge in [0.1, 0.15) is 10.2 Å². The first-order valence-electron chi connectivity index (χ1n) is 4.38. The Labute approximate surface area is 112 Å². The molecule has 0 fully saturated rings. The zero-order valence-corrected chi connectivity index (χ0v) is 11.5. The molecule has 0 aliphatic carbocycles. The molecule has 1 rings (SSSR count). The maximum Gasteiger partial charge on any atom is 0.316 e. The minimum atomic E-state index is -0.396. The Morgan fingerprint density at radius 2 is 2.24 bits per heavy atom. The van der Waals surface area contributed by atoms with Crippen LogP contribution >= 0.6 is 35.1 Å². The summed E-state index contributed by atoms with van der Waals surface area (Å²) in [4.78, 5) is 29.9. The molecular weight excluding hydrogens is 284 g/mol. The molecule has 0 saturated carbocycles. The van der Waals surface area contributed by atoms with Gasteiger partial charge >= 0.3 is 5.97 Å². The summed E-state index contributed by atoms with van der Waals surface area (Å²) >= 11 is 8.23. The third-order valence-electron chi connectivity index (χ3n) is 1.70. The molecular formula is C9H9ClN2O3S2. The van der Waals surface area contributed by atoms with Gasteiger partial charge in [-0.3, -0.25) is 9.59 Å². The molecule has 0 radical (unpaired) electrons. The number of thioether (sulfide) groups is 2. The Morgan fingerprint density at radius 3 is 2.76 bits per heavy atom. The molecule has 0 N–H and O–H groups in total. The molecule has 5 nitrogen and oxygen atoms in total. The highest BCUT2D eigenvalue weighted by Crippen LogP contribution is 2.26. The third kappa shape index (κ3) is 3.86. The number of hydrogen-bond acceptors (Lipinski definition) is 7. The van der Waals surface area contributed by atoms with Gasteiger partial charge in [-0.2, -0.15) is 0 Å². The number of halogens is 1. The number of hydrogen-bond donors (Lipinski definition) is 0. The van der Waals surface area contributed by atoms with E-state index in [0.29, 0.717) is 16.5 Å². The number of esters is 1. The Morgan fingerprint density at radius 1 is 1.53 bits per heavy atom. The van der Waals surface area contributed by atoms with Gasteiger partial charge in [0.15, 0.2) is 11.4 Å². The molecule has 0 unspecified atom stereocenters. The van der Waals surface area contributed by atoms with Gasteiger partial charge in [0.25, 0.3) is 0 Å². The van der Waals surface area contributed by atoms with E-state index in [4.69, 9.17) is 11.6 Å². The molecule has 8 heteroatoms. The molecule has 0 spiro atoms. The average Bonchev–Trinajstić information content (AvgIpc) is 2.35.